The minimum absolute atomic E-state index is 0.0966. The third-order valence-electron chi connectivity index (χ3n) is 6.95. The molecule has 10 heteroatoms. The van der Waals surface area contributed by atoms with Gasteiger partial charge in [0.1, 0.15) is 9.80 Å². The molecule has 0 aliphatic carbocycles. The molecular weight excluding hydrogens is 635 g/mol. The van der Waals surface area contributed by atoms with Crippen molar-refractivity contribution in [3.8, 4) is 11.3 Å². The summed E-state index contributed by atoms with van der Waals surface area (Å²) in [6, 6.07) is 14.3. The molecule has 0 fully saturated rings. The maximum Gasteiger partial charge on any atom is 0.339 e. The molecule has 0 aliphatic rings. The molecule has 2 atom stereocenters. The standard InChI is InChI=1S/C31H39IN4O5/c1-4-6-7-8-9-17-33-30(40)36(3)25-12-10-11-23(18-25)26-15-13-22(20-34-26)19-31(29(38)39,41-5-2)28(37)24-14-16-27(32)35-21-24/h10-16,18,20-21,28,37H,4-9,17,19H2,1-3H3,(H,33,40)(H,38,39). The van der Waals surface area contributed by atoms with E-state index < -0.39 is 17.7 Å². The number of unbranched alkanes of at least 4 members (excludes halogenated alkanes) is 4. The van der Waals surface area contributed by atoms with Gasteiger partial charge in [-0.1, -0.05) is 56.9 Å². The Balaban J connectivity index is 1.74. The quantitative estimate of drug-likeness (QED) is 0.103. The number of urea groups is 1. The van der Waals surface area contributed by atoms with E-state index in [4.69, 9.17) is 4.74 Å². The summed E-state index contributed by atoms with van der Waals surface area (Å²) in [4.78, 5) is 35.5. The molecule has 2 aromatic heterocycles. The summed E-state index contributed by atoms with van der Waals surface area (Å²) in [5.41, 5.74) is 1.24. The first kappa shape index (κ1) is 32.4. The molecule has 1 aromatic carbocycles. The number of carbonyl (C=O) groups excluding carboxylic acids is 1. The maximum atomic E-state index is 12.7. The molecule has 0 saturated carbocycles. The van der Waals surface area contributed by atoms with Crippen LogP contribution in [0.25, 0.3) is 11.3 Å². The van der Waals surface area contributed by atoms with Crippen molar-refractivity contribution in [1.82, 2.24) is 15.3 Å². The zero-order valence-electron chi connectivity index (χ0n) is 23.8. The van der Waals surface area contributed by atoms with E-state index >= 15 is 0 Å². The van der Waals surface area contributed by atoms with Gasteiger partial charge < -0.3 is 20.3 Å². The number of carboxylic acids is 1. The number of nitrogens with zero attached hydrogens (tertiary/aromatic N) is 3. The van der Waals surface area contributed by atoms with Gasteiger partial charge in [-0.15, -0.1) is 0 Å². The molecule has 0 radical (unpaired) electrons. The van der Waals surface area contributed by atoms with E-state index in [1.165, 1.54) is 25.5 Å². The molecule has 3 aromatic rings. The van der Waals surface area contributed by atoms with E-state index in [2.05, 4.69) is 22.2 Å². The van der Waals surface area contributed by atoms with Crippen molar-refractivity contribution < 1.29 is 24.5 Å². The Morgan fingerprint density at radius 3 is 2.46 bits per heavy atom. The number of anilines is 1. The van der Waals surface area contributed by atoms with Crippen molar-refractivity contribution in [3.63, 3.8) is 0 Å². The molecule has 0 aliphatic heterocycles. The largest absolute Gasteiger partial charge is 0.479 e. The number of ether oxygens (including phenoxy) is 1. The number of benzene rings is 1. The van der Waals surface area contributed by atoms with Crippen LogP contribution in [0.5, 0.6) is 0 Å². The van der Waals surface area contributed by atoms with Gasteiger partial charge in [0.2, 0.25) is 0 Å². The maximum absolute atomic E-state index is 12.7. The van der Waals surface area contributed by atoms with Crippen molar-refractivity contribution in [2.75, 3.05) is 25.1 Å². The molecule has 3 rings (SSSR count). The number of carboxylic acid groups (broad SMARTS) is 1. The predicted molar refractivity (Wildman–Crippen MR) is 168 cm³/mol. The SMILES string of the molecule is CCCCCCCNC(=O)N(C)c1cccc(-c2ccc(CC(OCC)(C(=O)O)C(O)c3ccc(I)nc3)cn2)c1. The average molecular weight is 675 g/mol. The number of amides is 2. The third-order valence-corrected chi connectivity index (χ3v) is 7.59. The topological polar surface area (TPSA) is 125 Å². The number of hydrogen-bond acceptors (Lipinski definition) is 6. The van der Waals surface area contributed by atoms with Gasteiger partial charge in [-0.2, -0.15) is 0 Å². The van der Waals surface area contributed by atoms with Crippen LogP contribution in [0.15, 0.2) is 60.9 Å². The summed E-state index contributed by atoms with van der Waals surface area (Å²) >= 11 is 2.04. The summed E-state index contributed by atoms with van der Waals surface area (Å²) in [7, 11) is 1.73. The van der Waals surface area contributed by atoms with Gasteiger partial charge in [-0.05, 0) is 65.8 Å². The molecule has 0 bridgehead atoms. The number of aliphatic hydroxyl groups excluding tert-OH is 1. The fourth-order valence-electron chi connectivity index (χ4n) is 4.59. The first-order valence-corrected chi connectivity index (χ1v) is 15.0. The molecule has 2 heterocycles. The van der Waals surface area contributed by atoms with E-state index in [9.17, 15) is 19.8 Å². The van der Waals surface area contributed by atoms with Crippen LogP contribution in [0.2, 0.25) is 0 Å². The Morgan fingerprint density at radius 2 is 1.83 bits per heavy atom. The van der Waals surface area contributed by atoms with Gasteiger partial charge in [0.15, 0.2) is 5.60 Å². The van der Waals surface area contributed by atoms with Gasteiger partial charge in [-0.3, -0.25) is 9.88 Å². The van der Waals surface area contributed by atoms with E-state index in [0.29, 0.717) is 23.4 Å². The second kappa shape index (κ2) is 15.8. The molecule has 3 N–H and O–H groups in total. The van der Waals surface area contributed by atoms with Crippen LogP contribution in [-0.2, 0) is 16.0 Å². The Morgan fingerprint density at radius 1 is 1.05 bits per heavy atom. The Hall–Kier alpha value is -3.09. The zero-order chi connectivity index (χ0) is 29.8. The van der Waals surface area contributed by atoms with Crippen LogP contribution >= 0.6 is 22.6 Å². The smallest absolute Gasteiger partial charge is 0.339 e. The number of aliphatic hydroxyl groups is 1. The van der Waals surface area contributed by atoms with Crippen LogP contribution in [0.3, 0.4) is 0 Å². The lowest BCUT2D eigenvalue weighted by atomic mass is 9.85. The summed E-state index contributed by atoms with van der Waals surface area (Å²) in [6.07, 6.45) is 7.16. The Bertz CT molecular complexity index is 1270. The number of rotatable bonds is 15. The number of aromatic nitrogens is 2. The highest BCUT2D eigenvalue weighted by molar-refractivity contribution is 14.1. The average Bonchev–Trinajstić information content (AvgIpc) is 2.98. The number of hydrogen-bond donors (Lipinski definition) is 3. The van der Waals surface area contributed by atoms with Crippen LogP contribution in [-0.4, -0.2) is 58.0 Å². The lowest BCUT2D eigenvalue weighted by molar-refractivity contribution is -0.183. The minimum atomic E-state index is -1.92. The molecule has 2 amide bonds. The minimum Gasteiger partial charge on any atom is -0.479 e. The van der Waals surface area contributed by atoms with E-state index in [1.54, 1.807) is 49.3 Å². The summed E-state index contributed by atoms with van der Waals surface area (Å²) < 4.78 is 6.45. The van der Waals surface area contributed by atoms with E-state index in [0.717, 1.165) is 27.8 Å². The van der Waals surface area contributed by atoms with Crippen molar-refractivity contribution in [1.29, 1.82) is 0 Å². The summed E-state index contributed by atoms with van der Waals surface area (Å²) in [6.45, 7) is 4.61. The second-order valence-electron chi connectivity index (χ2n) is 9.93. The fraction of sp³-hybridized carbons (Fsp3) is 0.419. The molecule has 0 saturated heterocycles. The second-order valence-corrected chi connectivity index (χ2v) is 11.0. The van der Waals surface area contributed by atoms with Gasteiger partial charge in [0, 0.05) is 55.8 Å². The highest BCUT2D eigenvalue weighted by Crippen LogP contribution is 2.34. The normalized spacial score (nSPS) is 13.3. The lowest BCUT2D eigenvalue weighted by Crippen LogP contribution is -2.49. The number of nitrogens with one attached hydrogen (secondary N) is 1. The molecular formula is C31H39IN4O5. The van der Waals surface area contributed by atoms with Crippen LogP contribution in [0.4, 0.5) is 10.5 Å². The highest BCUT2D eigenvalue weighted by atomic mass is 127. The van der Waals surface area contributed by atoms with E-state index in [-0.39, 0.29) is 19.1 Å². The van der Waals surface area contributed by atoms with E-state index in [1.807, 2.05) is 46.9 Å². The lowest BCUT2D eigenvalue weighted by Gasteiger charge is -2.34. The molecule has 0 spiro atoms. The Labute approximate surface area is 255 Å². The fourth-order valence-corrected chi connectivity index (χ4v) is 4.91. The first-order valence-electron chi connectivity index (χ1n) is 14.0. The number of aliphatic carboxylic acids is 1. The number of carbonyl (C=O) groups is 2. The highest BCUT2D eigenvalue weighted by Gasteiger charge is 2.47. The Kier molecular flexibility index (Phi) is 12.5. The van der Waals surface area contributed by atoms with Crippen LogP contribution in [0, 0.1) is 3.70 Å². The zero-order valence-corrected chi connectivity index (χ0v) is 26.0. The number of halogens is 1. The van der Waals surface area contributed by atoms with Crippen LogP contribution < -0.4 is 10.2 Å². The van der Waals surface area contributed by atoms with Crippen molar-refractivity contribution in [2.24, 2.45) is 0 Å². The monoisotopic (exact) mass is 674 g/mol. The molecule has 220 valence electrons. The van der Waals surface area contributed by atoms with Crippen molar-refractivity contribution >= 4 is 40.3 Å². The van der Waals surface area contributed by atoms with Gasteiger partial charge >= 0.3 is 12.0 Å². The van der Waals surface area contributed by atoms with Crippen molar-refractivity contribution in [3.05, 3.63) is 75.8 Å². The predicted octanol–water partition coefficient (Wildman–Crippen LogP) is 6.00. The van der Waals surface area contributed by atoms with Crippen molar-refractivity contribution in [2.45, 2.75) is 64.1 Å². The first-order chi connectivity index (χ1) is 19.7. The summed E-state index contributed by atoms with van der Waals surface area (Å²) in [5, 5.41) is 24.3. The van der Waals surface area contributed by atoms with Gasteiger partial charge in [0.25, 0.3) is 0 Å². The third kappa shape index (κ3) is 8.70. The van der Waals surface area contributed by atoms with Crippen LogP contribution in [0.1, 0.15) is 63.2 Å². The number of pyridine rings is 2. The summed E-state index contributed by atoms with van der Waals surface area (Å²) in [5.74, 6) is -1.27. The molecule has 9 nitrogen and oxygen atoms in total. The molecule has 41 heavy (non-hydrogen) atoms. The molecule has 2 unspecified atom stereocenters. The van der Waals surface area contributed by atoms with Gasteiger partial charge in [0.05, 0.1) is 5.69 Å². The van der Waals surface area contributed by atoms with Gasteiger partial charge in [-0.25, -0.2) is 14.6 Å².